The Labute approximate surface area is 63.6 Å². The molecule has 0 bridgehead atoms. The molecule has 2 N–H and O–H groups in total. The SMILES string of the molecule is O=S1(=O)Nc2cccnc2N1. The van der Waals surface area contributed by atoms with Gasteiger partial charge >= 0.3 is 10.2 Å². The summed E-state index contributed by atoms with van der Waals surface area (Å²) in [5, 5.41) is 0. The molecule has 0 saturated heterocycles. The minimum absolute atomic E-state index is 0.354. The molecule has 6 heteroatoms. The third kappa shape index (κ3) is 1.01. The van der Waals surface area contributed by atoms with E-state index >= 15 is 0 Å². The molecule has 2 heterocycles. The number of anilines is 2. The van der Waals surface area contributed by atoms with Gasteiger partial charge in [0.25, 0.3) is 0 Å². The van der Waals surface area contributed by atoms with Crippen molar-refractivity contribution in [3.8, 4) is 0 Å². The molecular formula is C5H5N3O2S. The van der Waals surface area contributed by atoms with Crippen molar-refractivity contribution in [2.24, 2.45) is 0 Å². The summed E-state index contributed by atoms with van der Waals surface area (Å²) in [6.45, 7) is 0. The Kier molecular flexibility index (Phi) is 1.08. The van der Waals surface area contributed by atoms with E-state index in [2.05, 4.69) is 14.4 Å². The molecule has 58 valence electrons. The van der Waals surface area contributed by atoms with Crippen molar-refractivity contribution in [2.45, 2.75) is 0 Å². The Morgan fingerprint density at radius 3 is 2.91 bits per heavy atom. The molecule has 1 aromatic rings. The lowest BCUT2D eigenvalue weighted by atomic mass is 10.4. The Bertz CT molecular complexity index is 355. The van der Waals surface area contributed by atoms with Gasteiger partial charge in [-0.15, -0.1) is 0 Å². The van der Waals surface area contributed by atoms with Crippen LogP contribution in [0.4, 0.5) is 11.5 Å². The van der Waals surface area contributed by atoms with Gasteiger partial charge in [-0.05, 0) is 12.1 Å². The van der Waals surface area contributed by atoms with Gasteiger partial charge in [-0.2, -0.15) is 8.42 Å². The van der Waals surface area contributed by atoms with Gasteiger partial charge in [0.15, 0.2) is 5.82 Å². The zero-order valence-corrected chi connectivity index (χ0v) is 6.22. The molecule has 0 amide bonds. The van der Waals surface area contributed by atoms with E-state index in [1.165, 1.54) is 6.20 Å². The minimum atomic E-state index is -3.37. The van der Waals surface area contributed by atoms with E-state index in [1.807, 2.05) is 0 Å². The van der Waals surface area contributed by atoms with Gasteiger partial charge in [-0.25, -0.2) is 9.71 Å². The van der Waals surface area contributed by atoms with Gasteiger partial charge in [0.05, 0.1) is 5.69 Å². The highest BCUT2D eigenvalue weighted by Crippen LogP contribution is 2.25. The molecule has 0 aliphatic carbocycles. The number of rotatable bonds is 0. The van der Waals surface area contributed by atoms with E-state index < -0.39 is 10.2 Å². The van der Waals surface area contributed by atoms with Crippen molar-refractivity contribution in [1.82, 2.24) is 4.98 Å². The quantitative estimate of drug-likeness (QED) is 0.584. The summed E-state index contributed by atoms with van der Waals surface area (Å²) >= 11 is 0. The largest absolute Gasteiger partial charge is 0.322 e. The van der Waals surface area contributed by atoms with Crippen molar-refractivity contribution in [3.05, 3.63) is 18.3 Å². The molecule has 0 unspecified atom stereocenters. The molecule has 11 heavy (non-hydrogen) atoms. The molecule has 0 spiro atoms. The monoisotopic (exact) mass is 171 g/mol. The standard InChI is InChI=1S/C5H5N3O2S/c9-11(10)7-4-2-1-3-6-5(4)8-11/h1-3,7H,(H,6,8). The number of fused-ring (bicyclic) bond motifs is 1. The number of hydrogen-bond donors (Lipinski definition) is 2. The Balaban J connectivity index is 2.57. The van der Waals surface area contributed by atoms with E-state index in [9.17, 15) is 8.42 Å². The summed E-state index contributed by atoms with van der Waals surface area (Å²) in [6.07, 6.45) is 1.52. The van der Waals surface area contributed by atoms with Gasteiger partial charge < -0.3 is 0 Å². The summed E-state index contributed by atoms with van der Waals surface area (Å²) in [5.74, 6) is 0.354. The first-order valence-corrected chi connectivity index (χ1v) is 4.41. The van der Waals surface area contributed by atoms with Crippen LogP contribution in [0.25, 0.3) is 0 Å². The lowest BCUT2D eigenvalue weighted by molar-refractivity contribution is 0.607. The zero-order chi connectivity index (χ0) is 7.90. The summed E-state index contributed by atoms with van der Waals surface area (Å²) in [4.78, 5) is 3.80. The molecule has 0 fully saturated rings. The highest BCUT2D eigenvalue weighted by Gasteiger charge is 2.21. The highest BCUT2D eigenvalue weighted by atomic mass is 32.2. The fraction of sp³-hybridized carbons (Fsp3) is 0. The number of aromatic nitrogens is 1. The van der Waals surface area contributed by atoms with Crippen molar-refractivity contribution in [1.29, 1.82) is 0 Å². The first-order valence-electron chi connectivity index (χ1n) is 2.93. The molecule has 5 nitrogen and oxygen atoms in total. The van der Waals surface area contributed by atoms with E-state index in [0.717, 1.165) is 0 Å². The number of nitrogens with one attached hydrogen (secondary N) is 2. The van der Waals surface area contributed by atoms with E-state index in [0.29, 0.717) is 11.5 Å². The third-order valence-corrected chi connectivity index (χ3v) is 2.23. The summed E-state index contributed by atoms with van der Waals surface area (Å²) in [6, 6.07) is 3.30. The normalized spacial score (nSPS) is 18.2. The van der Waals surface area contributed by atoms with Crippen LogP contribution >= 0.6 is 0 Å². The fourth-order valence-electron chi connectivity index (χ4n) is 0.867. The lowest BCUT2D eigenvalue weighted by Crippen LogP contribution is -2.12. The van der Waals surface area contributed by atoms with Gasteiger partial charge in [0.1, 0.15) is 0 Å². The second-order valence-corrected chi connectivity index (χ2v) is 3.52. The fourth-order valence-corrected chi connectivity index (χ4v) is 1.79. The Hall–Kier alpha value is -1.30. The highest BCUT2D eigenvalue weighted by molar-refractivity contribution is 7.94. The van der Waals surface area contributed by atoms with Crippen LogP contribution in [-0.2, 0) is 10.2 Å². The molecule has 2 rings (SSSR count). The Morgan fingerprint density at radius 1 is 1.36 bits per heavy atom. The van der Waals surface area contributed by atoms with Crippen molar-refractivity contribution < 1.29 is 8.42 Å². The van der Waals surface area contributed by atoms with Crippen LogP contribution in [0.2, 0.25) is 0 Å². The first kappa shape index (κ1) is 6.41. The molecule has 0 radical (unpaired) electrons. The van der Waals surface area contributed by atoms with Crippen LogP contribution in [0.1, 0.15) is 0 Å². The van der Waals surface area contributed by atoms with Crippen LogP contribution < -0.4 is 9.44 Å². The second-order valence-electron chi connectivity index (χ2n) is 2.11. The lowest BCUT2D eigenvalue weighted by Gasteiger charge is -1.90. The third-order valence-electron chi connectivity index (χ3n) is 1.28. The number of pyridine rings is 1. The van der Waals surface area contributed by atoms with E-state index in [4.69, 9.17) is 0 Å². The van der Waals surface area contributed by atoms with E-state index in [1.54, 1.807) is 12.1 Å². The van der Waals surface area contributed by atoms with Gasteiger partial charge in [0, 0.05) is 6.20 Å². The predicted molar refractivity (Wildman–Crippen MR) is 40.4 cm³/mol. The van der Waals surface area contributed by atoms with Crippen LogP contribution in [-0.4, -0.2) is 13.4 Å². The maximum Gasteiger partial charge on any atom is 0.322 e. The molecule has 0 saturated carbocycles. The first-order chi connectivity index (χ1) is 5.17. The summed E-state index contributed by atoms with van der Waals surface area (Å²) < 4.78 is 26.1. The molecule has 0 atom stereocenters. The van der Waals surface area contributed by atoms with Crippen molar-refractivity contribution in [2.75, 3.05) is 9.44 Å². The van der Waals surface area contributed by atoms with Crippen molar-refractivity contribution in [3.63, 3.8) is 0 Å². The zero-order valence-electron chi connectivity index (χ0n) is 5.40. The summed E-state index contributed by atoms with van der Waals surface area (Å²) in [7, 11) is -3.37. The Morgan fingerprint density at radius 2 is 2.18 bits per heavy atom. The minimum Gasteiger partial charge on any atom is -0.263 e. The van der Waals surface area contributed by atoms with E-state index in [-0.39, 0.29) is 0 Å². The predicted octanol–water partition coefficient (Wildman–Crippen LogP) is 0.164. The van der Waals surface area contributed by atoms with Gasteiger partial charge in [-0.3, -0.25) is 4.72 Å². The molecular weight excluding hydrogens is 166 g/mol. The summed E-state index contributed by atoms with van der Waals surface area (Å²) in [5.41, 5.74) is 0.493. The van der Waals surface area contributed by atoms with Crippen LogP contribution in [0.5, 0.6) is 0 Å². The molecule has 1 aromatic heterocycles. The second kappa shape index (κ2) is 1.85. The molecule has 1 aliphatic rings. The smallest absolute Gasteiger partial charge is 0.263 e. The van der Waals surface area contributed by atoms with Crippen LogP contribution in [0.3, 0.4) is 0 Å². The molecule has 0 aromatic carbocycles. The molecule has 1 aliphatic heterocycles. The maximum atomic E-state index is 10.8. The topological polar surface area (TPSA) is 71.1 Å². The van der Waals surface area contributed by atoms with Gasteiger partial charge in [0.2, 0.25) is 0 Å². The van der Waals surface area contributed by atoms with Crippen LogP contribution in [0.15, 0.2) is 18.3 Å². The van der Waals surface area contributed by atoms with Crippen LogP contribution in [0, 0.1) is 0 Å². The average molecular weight is 171 g/mol. The number of hydrogen-bond acceptors (Lipinski definition) is 3. The van der Waals surface area contributed by atoms with Crippen molar-refractivity contribution >= 4 is 21.7 Å². The maximum absolute atomic E-state index is 10.8. The van der Waals surface area contributed by atoms with Gasteiger partial charge in [-0.1, -0.05) is 0 Å². The number of nitrogens with zero attached hydrogens (tertiary/aromatic N) is 1. The average Bonchev–Trinajstić information content (AvgIpc) is 2.21.